The van der Waals surface area contributed by atoms with Gasteiger partial charge in [0, 0.05) is 6.54 Å². The predicted molar refractivity (Wildman–Crippen MR) is 121 cm³/mol. The summed E-state index contributed by atoms with van der Waals surface area (Å²) in [4.78, 5) is 27.1. The summed E-state index contributed by atoms with van der Waals surface area (Å²) in [6, 6.07) is 10.7. The molecule has 0 saturated carbocycles. The fourth-order valence-corrected chi connectivity index (χ4v) is 3.97. The zero-order chi connectivity index (χ0) is 21.1. The molecule has 2 N–H and O–H groups in total. The van der Waals surface area contributed by atoms with E-state index in [1.165, 1.54) is 5.56 Å². The summed E-state index contributed by atoms with van der Waals surface area (Å²) in [6.07, 6.45) is 2.54. The van der Waals surface area contributed by atoms with E-state index in [0.717, 1.165) is 5.75 Å². The van der Waals surface area contributed by atoms with Gasteiger partial charge in [0.25, 0.3) is 5.91 Å². The van der Waals surface area contributed by atoms with E-state index < -0.39 is 6.04 Å². The highest BCUT2D eigenvalue weighted by molar-refractivity contribution is 7.98. The van der Waals surface area contributed by atoms with Crippen molar-refractivity contribution in [3.8, 4) is 5.75 Å². The van der Waals surface area contributed by atoms with Gasteiger partial charge in [-0.25, -0.2) is 0 Å². The number of ether oxygens (including phenoxy) is 1. The van der Waals surface area contributed by atoms with Crippen molar-refractivity contribution in [2.45, 2.75) is 18.5 Å². The third-order valence-electron chi connectivity index (χ3n) is 4.40. The van der Waals surface area contributed by atoms with E-state index in [9.17, 15) is 9.59 Å². The van der Waals surface area contributed by atoms with Crippen LogP contribution in [0.5, 0.6) is 5.75 Å². The van der Waals surface area contributed by atoms with Crippen molar-refractivity contribution < 1.29 is 14.3 Å². The Bertz CT molecular complexity index is 739. The molecule has 2 amide bonds. The van der Waals surface area contributed by atoms with Crippen LogP contribution in [0.2, 0.25) is 0 Å². The Hall–Kier alpha value is -2.03. The number of amides is 2. The minimum atomic E-state index is -0.584. The molecule has 0 aliphatic heterocycles. The maximum Gasteiger partial charge on any atom is 0.258 e. The van der Waals surface area contributed by atoms with Gasteiger partial charge in [-0.3, -0.25) is 9.59 Å². The lowest BCUT2D eigenvalue weighted by molar-refractivity contribution is -0.130. The van der Waals surface area contributed by atoms with E-state index in [0.29, 0.717) is 18.7 Å². The van der Waals surface area contributed by atoms with Crippen LogP contribution in [0.15, 0.2) is 47.2 Å². The smallest absolute Gasteiger partial charge is 0.258 e. The number of nitrogens with one attached hydrogen (secondary N) is 2. The molecule has 8 heteroatoms. The van der Waals surface area contributed by atoms with Crippen LogP contribution in [0.4, 0.5) is 0 Å². The topological polar surface area (TPSA) is 70.7 Å². The summed E-state index contributed by atoms with van der Waals surface area (Å²) in [5.74, 6) is 0.920. The third kappa shape index (κ3) is 8.08. The first kappa shape index (κ1) is 23.3. The zero-order valence-electron chi connectivity index (χ0n) is 17.1. The molecular weight excluding hydrogens is 406 g/mol. The predicted octanol–water partition coefficient (Wildman–Crippen LogP) is 2.78. The van der Waals surface area contributed by atoms with E-state index in [2.05, 4.69) is 27.0 Å². The van der Waals surface area contributed by atoms with Gasteiger partial charge in [-0.2, -0.15) is 23.1 Å². The van der Waals surface area contributed by atoms with Gasteiger partial charge >= 0.3 is 0 Å². The monoisotopic (exact) mass is 435 g/mol. The maximum absolute atomic E-state index is 12.8. The highest BCUT2D eigenvalue weighted by Gasteiger charge is 2.23. The third-order valence-corrected chi connectivity index (χ3v) is 5.74. The molecule has 0 aliphatic carbocycles. The number of carbonyl (C=O) groups is 2. The Morgan fingerprint density at radius 2 is 1.97 bits per heavy atom. The molecule has 0 fully saturated rings. The number of benzene rings is 1. The van der Waals surface area contributed by atoms with E-state index in [1.807, 2.05) is 43.9 Å². The summed E-state index contributed by atoms with van der Waals surface area (Å²) < 4.78 is 5.48. The number of hydrogen-bond acceptors (Lipinski definition) is 6. The molecule has 29 heavy (non-hydrogen) atoms. The first-order valence-corrected chi connectivity index (χ1v) is 11.8. The van der Waals surface area contributed by atoms with Crippen molar-refractivity contribution in [3.63, 3.8) is 0 Å². The number of thioether (sulfide) groups is 1. The lowest BCUT2D eigenvalue weighted by Crippen LogP contribution is -2.49. The van der Waals surface area contributed by atoms with Crippen molar-refractivity contribution in [2.24, 2.45) is 0 Å². The van der Waals surface area contributed by atoms with Crippen molar-refractivity contribution in [1.29, 1.82) is 0 Å². The molecule has 0 saturated heterocycles. The molecular formula is C21H29N3O3S2. The average molecular weight is 436 g/mol. The van der Waals surface area contributed by atoms with Gasteiger partial charge in [0.2, 0.25) is 5.91 Å². The molecule has 1 heterocycles. The van der Waals surface area contributed by atoms with Crippen LogP contribution < -0.4 is 15.4 Å². The molecule has 2 aromatic rings. The summed E-state index contributed by atoms with van der Waals surface area (Å²) in [7, 11) is 3.98. The lowest BCUT2D eigenvalue weighted by atomic mass is 10.1. The van der Waals surface area contributed by atoms with Crippen LogP contribution in [0.3, 0.4) is 0 Å². The van der Waals surface area contributed by atoms with E-state index in [4.69, 9.17) is 4.74 Å². The molecule has 2 rings (SSSR count). The lowest BCUT2D eigenvalue weighted by Gasteiger charge is -2.25. The Morgan fingerprint density at radius 1 is 1.21 bits per heavy atom. The number of likely N-dealkylation sites (N-methyl/N-ethyl adjacent to an activating group) is 1. The summed E-state index contributed by atoms with van der Waals surface area (Å²) in [5.41, 5.74) is 1.17. The van der Waals surface area contributed by atoms with Crippen LogP contribution in [0, 0.1) is 0 Å². The number of thiophene rings is 1. The number of para-hydroxylation sites is 1. The van der Waals surface area contributed by atoms with E-state index in [1.54, 1.807) is 35.2 Å². The van der Waals surface area contributed by atoms with Gasteiger partial charge in [-0.15, -0.1) is 0 Å². The second-order valence-corrected chi connectivity index (χ2v) is 8.55. The van der Waals surface area contributed by atoms with Crippen molar-refractivity contribution in [3.05, 3.63) is 52.7 Å². The average Bonchev–Trinajstić information content (AvgIpc) is 3.24. The highest BCUT2D eigenvalue weighted by atomic mass is 32.2. The standard InChI is InChI=1S/C21H29N3O3S2/c1-24(2)19(16-9-12-29-15-16)13-22-21(26)18(10-11-28-3)23-20(25)14-27-17-7-5-4-6-8-17/h4-9,12,15,18-19H,10-11,13-14H2,1-3H3,(H,22,26)(H,23,25). The van der Waals surface area contributed by atoms with Crippen LogP contribution >= 0.6 is 23.1 Å². The molecule has 0 bridgehead atoms. The normalized spacial score (nSPS) is 13.0. The van der Waals surface area contributed by atoms with E-state index in [-0.39, 0.29) is 24.5 Å². The molecule has 0 spiro atoms. The largest absolute Gasteiger partial charge is 0.484 e. The number of hydrogen-bond donors (Lipinski definition) is 2. The summed E-state index contributed by atoms with van der Waals surface area (Å²) in [6.45, 7) is 0.358. The number of carbonyl (C=O) groups excluding carboxylic acids is 2. The fraction of sp³-hybridized carbons (Fsp3) is 0.429. The molecule has 1 aromatic carbocycles. The van der Waals surface area contributed by atoms with Crippen molar-refractivity contribution in [2.75, 3.05) is 39.3 Å². The molecule has 2 unspecified atom stereocenters. The highest BCUT2D eigenvalue weighted by Crippen LogP contribution is 2.20. The molecule has 158 valence electrons. The molecule has 0 aliphatic rings. The Kier molecular flexibility index (Phi) is 10.0. The Morgan fingerprint density at radius 3 is 2.59 bits per heavy atom. The van der Waals surface area contributed by atoms with Gasteiger partial charge in [0.05, 0.1) is 6.04 Å². The van der Waals surface area contributed by atoms with E-state index >= 15 is 0 Å². The van der Waals surface area contributed by atoms with Gasteiger partial charge in [-0.1, -0.05) is 18.2 Å². The number of rotatable bonds is 12. The van der Waals surface area contributed by atoms with Crippen LogP contribution in [-0.4, -0.2) is 62.0 Å². The summed E-state index contributed by atoms with van der Waals surface area (Å²) in [5, 5.41) is 9.93. The van der Waals surface area contributed by atoms with Gasteiger partial charge < -0.3 is 20.3 Å². The zero-order valence-corrected chi connectivity index (χ0v) is 18.7. The minimum Gasteiger partial charge on any atom is -0.484 e. The second kappa shape index (κ2) is 12.5. The quantitative estimate of drug-likeness (QED) is 0.537. The van der Waals surface area contributed by atoms with Gasteiger partial charge in [0.1, 0.15) is 11.8 Å². The molecule has 6 nitrogen and oxygen atoms in total. The maximum atomic E-state index is 12.8. The Labute approximate surface area is 181 Å². The molecule has 0 radical (unpaired) electrons. The van der Waals surface area contributed by atoms with Gasteiger partial charge in [0.15, 0.2) is 6.61 Å². The Balaban J connectivity index is 1.89. The summed E-state index contributed by atoms with van der Waals surface area (Å²) >= 11 is 3.28. The molecule has 2 atom stereocenters. The first-order valence-electron chi connectivity index (χ1n) is 9.43. The first-order chi connectivity index (χ1) is 14.0. The van der Waals surface area contributed by atoms with Crippen LogP contribution in [0.1, 0.15) is 18.0 Å². The van der Waals surface area contributed by atoms with Crippen molar-refractivity contribution >= 4 is 34.9 Å². The fourth-order valence-electron chi connectivity index (χ4n) is 2.79. The van der Waals surface area contributed by atoms with Gasteiger partial charge in [-0.05, 0) is 67.0 Å². The van der Waals surface area contributed by atoms with Crippen LogP contribution in [-0.2, 0) is 9.59 Å². The minimum absolute atomic E-state index is 0.0866. The van der Waals surface area contributed by atoms with Crippen LogP contribution in [0.25, 0.3) is 0 Å². The number of nitrogens with zero attached hydrogens (tertiary/aromatic N) is 1. The SMILES string of the molecule is CSCCC(NC(=O)COc1ccccc1)C(=O)NCC(c1ccsc1)N(C)C. The second-order valence-electron chi connectivity index (χ2n) is 6.78. The molecule has 1 aromatic heterocycles. The van der Waals surface area contributed by atoms with Crippen molar-refractivity contribution in [1.82, 2.24) is 15.5 Å².